The number of benzene rings is 1. The Balaban J connectivity index is 2.01. The van der Waals surface area contributed by atoms with Crippen LogP contribution in [-0.4, -0.2) is 16.5 Å². The van der Waals surface area contributed by atoms with Crippen molar-refractivity contribution in [3.05, 3.63) is 29.6 Å². The highest BCUT2D eigenvalue weighted by Gasteiger charge is 2.18. The summed E-state index contributed by atoms with van der Waals surface area (Å²) in [6.45, 7) is 3.22. The molecule has 2 N–H and O–H groups in total. The highest BCUT2D eigenvalue weighted by molar-refractivity contribution is 5.78. The largest absolute Gasteiger partial charge is 0.341 e. The molecule has 3 rings (SSSR count). The Morgan fingerprint density at radius 2 is 2.25 bits per heavy atom. The smallest absolute Gasteiger partial charge is 0.124 e. The molecule has 1 unspecified atom stereocenters. The van der Waals surface area contributed by atoms with Gasteiger partial charge in [-0.25, -0.2) is 4.98 Å². The van der Waals surface area contributed by atoms with Crippen LogP contribution in [0.4, 0.5) is 0 Å². The molecule has 3 heteroatoms. The molecule has 1 aliphatic rings. The number of imidazole rings is 1. The lowest BCUT2D eigenvalue weighted by atomic mass is 10.0. The molecule has 2 aromatic rings. The van der Waals surface area contributed by atoms with Crippen LogP contribution in [0, 0.1) is 6.92 Å². The number of para-hydroxylation sites is 1. The molecular weight excluding hydrogens is 198 g/mol. The van der Waals surface area contributed by atoms with Crippen molar-refractivity contribution in [1.82, 2.24) is 15.3 Å². The van der Waals surface area contributed by atoms with E-state index in [0.717, 1.165) is 23.4 Å². The summed E-state index contributed by atoms with van der Waals surface area (Å²) in [7, 11) is 0. The van der Waals surface area contributed by atoms with Gasteiger partial charge in [0.2, 0.25) is 0 Å². The van der Waals surface area contributed by atoms with Gasteiger partial charge < -0.3 is 10.3 Å². The van der Waals surface area contributed by atoms with Crippen LogP contribution in [0.15, 0.2) is 18.2 Å². The molecule has 1 aromatic heterocycles. The maximum atomic E-state index is 4.72. The molecule has 1 aromatic carbocycles. The zero-order valence-electron chi connectivity index (χ0n) is 9.59. The van der Waals surface area contributed by atoms with E-state index in [9.17, 15) is 0 Å². The minimum atomic E-state index is 0.417. The molecule has 1 aliphatic heterocycles. The van der Waals surface area contributed by atoms with E-state index in [4.69, 9.17) is 4.98 Å². The number of hydrogen-bond acceptors (Lipinski definition) is 2. The van der Waals surface area contributed by atoms with Gasteiger partial charge in [0.25, 0.3) is 0 Å². The number of aromatic nitrogens is 2. The monoisotopic (exact) mass is 215 g/mol. The van der Waals surface area contributed by atoms with Crippen molar-refractivity contribution in [2.45, 2.75) is 32.2 Å². The minimum Gasteiger partial charge on any atom is -0.341 e. The van der Waals surface area contributed by atoms with E-state index in [0.29, 0.717) is 6.04 Å². The molecule has 0 bridgehead atoms. The third kappa shape index (κ3) is 1.61. The van der Waals surface area contributed by atoms with Gasteiger partial charge in [0.1, 0.15) is 5.82 Å². The molecule has 2 heterocycles. The van der Waals surface area contributed by atoms with Crippen LogP contribution < -0.4 is 5.32 Å². The maximum absolute atomic E-state index is 4.72. The Morgan fingerprint density at radius 1 is 1.31 bits per heavy atom. The quantitative estimate of drug-likeness (QED) is 0.768. The average molecular weight is 215 g/mol. The van der Waals surface area contributed by atoms with E-state index in [1.54, 1.807) is 0 Å². The summed E-state index contributed by atoms with van der Waals surface area (Å²) in [6.07, 6.45) is 3.78. The summed E-state index contributed by atoms with van der Waals surface area (Å²) in [4.78, 5) is 8.15. The molecule has 0 saturated carbocycles. The topological polar surface area (TPSA) is 40.7 Å². The van der Waals surface area contributed by atoms with Crippen molar-refractivity contribution in [2.75, 3.05) is 6.54 Å². The summed E-state index contributed by atoms with van der Waals surface area (Å²) in [5.74, 6) is 1.10. The lowest BCUT2D eigenvalue weighted by Gasteiger charge is -2.21. The number of aromatic amines is 1. The first-order valence-electron chi connectivity index (χ1n) is 6.03. The van der Waals surface area contributed by atoms with E-state index in [1.165, 1.54) is 24.8 Å². The lowest BCUT2D eigenvalue weighted by molar-refractivity contribution is 0.400. The van der Waals surface area contributed by atoms with Gasteiger partial charge >= 0.3 is 0 Å². The van der Waals surface area contributed by atoms with Gasteiger partial charge in [-0.1, -0.05) is 18.6 Å². The highest BCUT2D eigenvalue weighted by atomic mass is 15.0. The number of nitrogens with zero attached hydrogens (tertiary/aromatic N) is 1. The van der Waals surface area contributed by atoms with Gasteiger partial charge in [-0.05, 0) is 37.9 Å². The van der Waals surface area contributed by atoms with Crippen LogP contribution in [0.25, 0.3) is 11.0 Å². The first-order chi connectivity index (χ1) is 7.84. The number of rotatable bonds is 1. The van der Waals surface area contributed by atoms with E-state index in [2.05, 4.69) is 35.4 Å². The molecule has 16 heavy (non-hydrogen) atoms. The van der Waals surface area contributed by atoms with E-state index >= 15 is 0 Å². The molecule has 0 spiro atoms. The second-order valence-electron chi connectivity index (χ2n) is 4.60. The van der Waals surface area contributed by atoms with Crippen molar-refractivity contribution < 1.29 is 0 Å². The Bertz CT molecular complexity index is 495. The Labute approximate surface area is 95.3 Å². The fourth-order valence-electron chi connectivity index (χ4n) is 2.44. The van der Waals surface area contributed by atoms with Gasteiger partial charge in [0.05, 0.1) is 17.1 Å². The summed E-state index contributed by atoms with van der Waals surface area (Å²) < 4.78 is 0. The van der Waals surface area contributed by atoms with Crippen LogP contribution in [-0.2, 0) is 0 Å². The minimum absolute atomic E-state index is 0.417. The lowest BCUT2D eigenvalue weighted by Crippen LogP contribution is -2.27. The molecule has 0 radical (unpaired) electrons. The summed E-state index contributed by atoms with van der Waals surface area (Å²) >= 11 is 0. The number of H-pyrrole nitrogens is 1. The van der Waals surface area contributed by atoms with Crippen molar-refractivity contribution in [2.24, 2.45) is 0 Å². The van der Waals surface area contributed by atoms with Crippen molar-refractivity contribution >= 4 is 11.0 Å². The van der Waals surface area contributed by atoms with Crippen LogP contribution in [0.5, 0.6) is 0 Å². The van der Waals surface area contributed by atoms with E-state index < -0.39 is 0 Å². The molecule has 1 fully saturated rings. The zero-order valence-corrected chi connectivity index (χ0v) is 9.59. The van der Waals surface area contributed by atoms with Crippen LogP contribution in [0.2, 0.25) is 0 Å². The second-order valence-corrected chi connectivity index (χ2v) is 4.60. The third-order valence-corrected chi connectivity index (χ3v) is 3.37. The fraction of sp³-hybridized carbons (Fsp3) is 0.462. The first-order valence-corrected chi connectivity index (χ1v) is 6.03. The normalized spacial score (nSPS) is 21.4. The summed E-state index contributed by atoms with van der Waals surface area (Å²) in [6, 6.07) is 6.71. The molecule has 1 atom stereocenters. The molecule has 0 amide bonds. The summed E-state index contributed by atoms with van der Waals surface area (Å²) in [5, 5.41) is 3.52. The Morgan fingerprint density at radius 3 is 3.00 bits per heavy atom. The van der Waals surface area contributed by atoms with Crippen LogP contribution >= 0.6 is 0 Å². The molecule has 1 saturated heterocycles. The average Bonchev–Trinajstić information content (AvgIpc) is 2.76. The number of hydrogen-bond donors (Lipinski definition) is 2. The second kappa shape index (κ2) is 3.91. The molecular formula is C13H17N3. The Hall–Kier alpha value is -1.35. The van der Waals surface area contributed by atoms with Crippen LogP contribution in [0.3, 0.4) is 0 Å². The predicted molar refractivity (Wildman–Crippen MR) is 65.4 cm³/mol. The van der Waals surface area contributed by atoms with Gasteiger partial charge in [-0.2, -0.15) is 0 Å². The predicted octanol–water partition coefficient (Wildman–Crippen LogP) is 2.69. The van der Waals surface area contributed by atoms with Gasteiger partial charge in [-0.15, -0.1) is 0 Å². The van der Waals surface area contributed by atoms with Crippen molar-refractivity contribution in [1.29, 1.82) is 0 Å². The first kappa shape index (κ1) is 9.85. The van der Waals surface area contributed by atoms with Crippen LogP contribution in [0.1, 0.15) is 36.7 Å². The van der Waals surface area contributed by atoms with E-state index in [1.807, 2.05) is 0 Å². The van der Waals surface area contributed by atoms with E-state index in [-0.39, 0.29) is 0 Å². The molecule has 0 aliphatic carbocycles. The SMILES string of the molecule is Cc1cccc2[nH]c(C3CCCCN3)nc12. The number of fused-ring (bicyclic) bond motifs is 1. The number of nitrogens with one attached hydrogen (secondary N) is 2. The maximum Gasteiger partial charge on any atom is 0.124 e. The van der Waals surface area contributed by atoms with Crippen molar-refractivity contribution in [3.63, 3.8) is 0 Å². The van der Waals surface area contributed by atoms with Gasteiger partial charge in [0.15, 0.2) is 0 Å². The number of piperidine rings is 1. The number of aryl methyl sites for hydroxylation is 1. The van der Waals surface area contributed by atoms with Crippen molar-refractivity contribution in [3.8, 4) is 0 Å². The van der Waals surface area contributed by atoms with Gasteiger partial charge in [0, 0.05) is 0 Å². The molecule has 84 valence electrons. The standard InChI is InChI=1S/C13H17N3/c1-9-5-4-7-10-12(9)16-13(15-10)11-6-2-3-8-14-11/h4-5,7,11,14H,2-3,6,8H2,1H3,(H,15,16). The summed E-state index contributed by atoms with van der Waals surface area (Å²) in [5.41, 5.74) is 3.52. The third-order valence-electron chi connectivity index (χ3n) is 3.37. The Kier molecular flexibility index (Phi) is 2.40. The zero-order chi connectivity index (χ0) is 11.0. The molecule has 3 nitrogen and oxygen atoms in total. The fourth-order valence-corrected chi connectivity index (χ4v) is 2.44. The highest BCUT2D eigenvalue weighted by Crippen LogP contribution is 2.24. The van der Waals surface area contributed by atoms with Gasteiger partial charge in [-0.3, -0.25) is 0 Å².